The molecule has 0 aromatic heterocycles. The number of ether oxygens (including phenoxy) is 1. The molecular formula is C23H36N2O3S2. The Morgan fingerprint density at radius 2 is 1.73 bits per heavy atom. The van der Waals surface area contributed by atoms with Crippen LogP contribution in [0.3, 0.4) is 0 Å². The van der Waals surface area contributed by atoms with E-state index >= 15 is 0 Å². The summed E-state index contributed by atoms with van der Waals surface area (Å²) in [6, 6.07) is 9.40. The molecule has 1 rings (SSSR count). The summed E-state index contributed by atoms with van der Waals surface area (Å²) < 4.78 is 5.54. The van der Waals surface area contributed by atoms with Crippen molar-refractivity contribution in [2.75, 3.05) is 7.11 Å². The van der Waals surface area contributed by atoms with Crippen LogP contribution in [0.4, 0.5) is 0 Å². The summed E-state index contributed by atoms with van der Waals surface area (Å²) in [7, 11) is 1.34. The van der Waals surface area contributed by atoms with Crippen LogP contribution >= 0.6 is 24.0 Å². The molecule has 0 spiro atoms. The Bertz CT molecular complexity index is 680. The van der Waals surface area contributed by atoms with Gasteiger partial charge >= 0.3 is 5.97 Å². The summed E-state index contributed by atoms with van der Waals surface area (Å²) in [4.78, 5) is 25.2. The van der Waals surface area contributed by atoms with Gasteiger partial charge in [0.2, 0.25) is 5.91 Å². The lowest BCUT2D eigenvalue weighted by atomic mass is 9.88. The van der Waals surface area contributed by atoms with Crippen molar-refractivity contribution in [2.24, 2.45) is 17.8 Å². The second kappa shape index (κ2) is 13.7. The van der Waals surface area contributed by atoms with Crippen molar-refractivity contribution in [3.63, 3.8) is 0 Å². The van der Waals surface area contributed by atoms with Crippen LogP contribution in [0.25, 0.3) is 0 Å². The molecule has 2 N–H and O–H groups in total. The number of amides is 1. The Balaban J connectivity index is 2.84. The molecule has 0 saturated carbocycles. The average molecular weight is 453 g/mol. The molecule has 7 heteroatoms. The van der Waals surface area contributed by atoms with E-state index in [0.29, 0.717) is 16.7 Å². The highest BCUT2D eigenvalue weighted by molar-refractivity contribution is 8.22. The highest BCUT2D eigenvalue weighted by atomic mass is 32.2. The Hall–Kier alpha value is -1.60. The zero-order valence-corrected chi connectivity index (χ0v) is 20.6. The lowest BCUT2D eigenvalue weighted by Crippen LogP contribution is -2.52. The Kier molecular flexibility index (Phi) is 12.0. The van der Waals surface area contributed by atoms with Crippen LogP contribution in [-0.2, 0) is 20.1 Å². The van der Waals surface area contributed by atoms with E-state index in [0.717, 1.165) is 12.2 Å². The fraction of sp³-hybridized carbons (Fsp3) is 0.609. The van der Waals surface area contributed by atoms with Crippen molar-refractivity contribution < 1.29 is 14.3 Å². The zero-order chi connectivity index (χ0) is 22.7. The second-order valence-electron chi connectivity index (χ2n) is 8.21. The van der Waals surface area contributed by atoms with Gasteiger partial charge < -0.3 is 15.4 Å². The maximum atomic E-state index is 13.1. The molecule has 0 saturated heterocycles. The zero-order valence-electron chi connectivity index (χ0n) is 18.9. The number of nitrogens with one attached hydrogen (secondary N) is 2. The fourth-order valence-electron chi connectivity index (χ4n) is 3.29. The Morgan fingerprint density at radius 3 is 2.23 bits per heavy atom. The standard InChI is InChI=1S/C23H36N2O3S2/c1-7-18(21(26)25-20(16(4)5)22(27)28-6)19(13-15(2)3)24-23(29)30-14-17-11-9-8-10-12-17/h8-12,15-16,18-20H,7,13-14H2,1-6H3,(H,24,29)(H,25,26)/t18-,19+,20+/m1/s1. The molecule has 0 heterocycles. The van der Waals surface area contributed by atoms with E-state index in [2.05, 4.69) is 36.6 Å². The number of thiocarbonyl (C=S) groups is 1. The molecular weight excluding hydrogens is 416 g/mol. The van der Waals surface area contributed by atoms with Crippen LogP contribution < -0.4 is 10.6 Å². The number of thioether (sulfide) groups is 1. The summed E-state index contributed by atoms with van der Waals surface area (Å²) in [5, 5.41) is 6.31. The number of methoxy groups -OCH3 is 1. The molecule has 0 aliphatic rings. The first-order valence-corrected chi connectivity index (χ1v) is 11.9. The van der Waals surface area contributed by atoms with E-state index < -0.39 is 12.0 Å². The molecule has 1 aromatic carbocycles. The van der Waals surface area contributed by atoms with Crippen molar-refractivity contribution in [1.82, 2.24) is 10.6 Å². The monoisotopic (exact) mass is 452 g/mol. The van der Waals surface area contributed by atoms with Crippen molar-refractivity contribution in [3.8, 4) is 0 Å². The molecule has 30 heavy (non-hydrogen) atoms. The lowest BCUT2D eigenvalue weighted by Gasteiger charge is -2.30. The number of esters is 1. The van der Waals surface area contributed by atoms with E-state index in [4.69, 9.17) is 17.0 Å². The van der Waals surface area contributed by atoms with Gasteiger partial charge in [-0.25, -0.2) is 4.79 Å². The lowest BCUT2D eigenvalue weighted by molar-refractivity contribution is -0.147. The van der Waals surface area contributed by atoms with Gasteiger partial charge in [-0.15, -0.1) is 0 Å². The molecule has 1 amide bonds. The number of hydrogen-bond donors (Lipinski definition) is 2. The van der Waals surface area contributed by atoms with E-state index in [1.54, 1.807) is 11.8 Å². The third kappa shape index (κ3) is 9.04. The predicted octanol–water partition coefficient (Wildman–Crippen LogP) is 4.55. The summed E-state index contributed by atoms with van der Waals surface area (Å²) in [5.74, 6) is 0.257. The SMILES string of the molecule is CC[C@@H](C(=O)N[C@H](C(=O)OC)C(C)C)[C@H](CC(C)C)NC(=S)SCc1ccccc1. The molecule has 0 bridgehead atoms. The third-order valence-electron chi connectivity index (χ3n) is 4.92. The number of hydrogen-bond acceptors (Lipinski definition) is 5. The van der Waals surface area contributed by atoms with Crippen LogP contribution in [-0.4, -0.2) is 35.4 Å². The van der Waals surface area contributed by atoms with E-state index in [1.165, 1.54) is 12.7 Å². The van der Waals surface area contributed by atoms with Gasteiger partial charge in [0.15, 0.2) is 0 Å². The maximum absolute atomic E-state index is 13.1. The van der Waals surface area contributed by atoms with E-state index in [9.17, 15) is 9.59 Å². The van der Waals surface area contributed by atoms with E-state index in [-0.39, 0.29) is 23.8 Å². The minimum absolute atomic E-state index is 0.0575. The van der Waals surface area contributed by atoms with Gasteiger partial charge in [-0.1, -0.05) is 88.9 Å². The maximum Gasteiger partial charge on any atom is 0.328 e. The van der Waals surface area contributed by atoms with Crippen molar-refractivity contribution in [2.45, 2.75) is 65.3 Å². The van der Waals surface area contributed by atoms with E-state index in [1.807, 2.05) is 39.0 Å². The van der Waals surface area contributed by atoms with Gasteiger partial charge in [0.25, 0.3) is 0 Å². The van der Waals surface area contributed by atoms with Gasteiger partial charge in [0.05, 0.1) is 13.0 Å². The van der Waals surface area contributed by atoms with Gasteiger partial charge in [0, 0.05) is 11.8 Å². The van der Waals surface area contributed by atoms with Gasteiger partial charge in [-0.2, -0.15) is 0 Å². The number of carbonyl (C=O) groups excluding carboxylic acids is 2. The quantitative estimate of drug-likeness (QED) is 0.379. The minimum Gasteiger partial charge on any atom is -0.467 e. The molecule has 0 aliphatic heterocycles. The molecule has 5 nitrogen and oxygen atoms in total. The highest BCUT2D eigenvalue weighted by Gasteiger charge is 2.32. The van der Waals surface area contributed by atoms with Gasteiger partial charge in [0.1, 0.15) is 10.4 Å². The highest BCUT2D eigenvalue weighted by Crippen LogP contribution is 2.21. The van der Waals surface area contributed by atoms with Crippen molar-refractivity contribution in [3.05, 3.63) is 35.9 Å². The minimum atomic E-state index is -0.657. The summed E-state index contributed by atoms with van der Waals surface area (Å²) in [5.41, 5.74) is 1.20. The fourth-order valence-corrected chi connectivity index (χ4v) is 4.34. The Morgan fingerprint density at radius 1 is 1.10 bits per heavy atom. The molecule has 0 unspecified atom stereocenters. The average Bonchev–Trinajstić information content (AvgIpc) is 2.70. The number of rotatable bonds is 11. The molecule has 0 radical (unpaired) electrons. The van der Waals surface area contributed by atoms with Crippen LogP contribution in [0, 0.1) is 17.8 Å². The number of benzene rings is 1. The van der Waals surface area contributed by atoms with Crippen LogP contribution in [0.15, 0.2) is 30.3 Å². The summed E-state index contributed by atoms with van der Waals surface area (Å²) >= 11 is 7.14. The van der Waals surface area contributed by atoms with Crippen LogP contribution in [0.2, 0.25) is 0 Å². The predicted molar refractivity (Wildman–Crippen MR) is 129 cm³/mol. The smallest absolute Gasteiger partial charge is 0.328 e. The molecule has 0 fully saturated rings. The topological polar surface area (TPSA) is 67.4 Å². The molecule has 1 aromatic rings. The molecule has 3 atom stereocenters. The van der Waals surface area contributed by atoms with Crippen molar-refractivity contribution in [1.29, 1.82) is 0 Å². The normalized spacial score (nSPS) is 14.1. The van der Waals surface area contributed by atoms with Crippen LogP contribution in [0.5, 0.6) is 0 Å². The molecule has 0 aliphatic carbocycles. The summed E-state index contributed by atoms with van der Waals surface area (Å²) in [6.45, 7) is 10.0. The summed E-state index contributed by atoms with van der Waals surface area (Å²) in [6.07, 6.45) is 1.46. The van der Waals surface area contributed by atoms with Gasteiger partial charge in [-0.05, 0) is 30.2 Å². The third-order valence-corrected chi connectivity index (χ3v) is 6.25. The largest absolute Gasteiger partial charge is 0.467 e. The molecule has 168 valence electrons. The van der Waals surface area contributed by atoms with Gasteiger partial charge in [-0.3, -0.25) is 4.79 Å². The first kappa shape index (κ1) is 26.4. The first-order valence-electron chi connectivity index (χ1n) is 10.5. The van der Waals surface area contributed by atoms with Crippen LogP contribution in [0.1, 0.15) is 53.0 Å². The Labute approximate surface area is 191 Å². The first-order chi connectivity index (χ1) is 14.2. The van der Waals surface area contributed by atoms with Crippen molar-refractivity contribution >= 4 is 40.2 Å². The second-order valence-corrected chi connectivity index (χ2v) is 9.86. The number of carbonyl (C=O) groups is 2.